The van der Waals surface area contributed by atoms with Gasteiger partial charge < -0.3 is 9.64 Å². The number of amidine groups is 1. The number of benzene rings is 1. The number of methoxy groups -OCH3 is 1. The summed E-state index contributed by atoms with van der Waals surface area (Å²) in [5.74, 6) is 1.21. The summed E-state index contributed by atoms with van der Waals surface area (Å²) >= 11 is 0. The molecule has 1 heterocycles. The molecule has 3 nitrogen and oxygen atoms in total. The first kappa shape index (κ1) is 12.1. The van der Waals surface area contributed by atoms with Crippen molar-refractivity contribution in [2.24, 2.45) is 5.92 Å². The first-order valence-electron chi connectivity index (χ1n) is 6.19. The molecule has 0 radical (unpaired) electrons. The molecule has 17 heavy (non-hydrogen) atoms. The van der Waals surface area contributed by atoms with E-state index < -0.39 is 0 Å². The van der Waals surface area contributed by atoms with Crippen LogP contribution in [-0.2, 0) is 4.74 Å². The second-order valence-corrected chi connectivity index (χ2v) is 4.62. The van der Waals surface area contributed by atoms with Crippen molar-refractivity contribution in [1.82, 2.24) is 4.90 Å². The smallest absolute Gasteiger partial charge is 0.128 e. The molecule has 1 aliphatic heterocycles. The lowest BCUT2D eigenvalue weighted by Crippen LogP contribution is -2.41. The average molecular weight is 232 g/mol. The summed E-state index contributed by atoms with van der Waals surface area (Å²) < 4.78 is 5.22. The van der Waals surface area contributed by atoms with Crippen molar-refractivity contribution in [3.8, 4) is 0 Å². The van der Waals surface area contributed by atoms with Crippen LogP contribution in [0.2, 0.25) is 0 Å². The van der Waals surface area contributed by atoms with Crippen LogP contribution in [0.3, 0.4) is 0 Å². The molecule has 1 aromatic carbocycles. The van der Waals surface area contributed by atoms with Crippen molar-refractivity contribution >= 4 is 5.84 Å². The van der Waals surface area contributed by atoms with E-state index in [0.717, 1.165) is 31.7 Å². The fourth-order valence-corrected chi connectivity index (χ4v) is 2.42. The number of hydrogen-bond acceptors (Lipinski definition) is 2. The molecule has 2 rings (SSSR count). The topological polar surface area (TPSA) is 36.3 Å². The summed E-state index contributed by atoms with van der Waals surface area (Å²) in [5, 5.41) is 8.23. The maximum atomic E-state index is 8.23. The van der Waals surface area contributed by atoms with E-state index in [9.17, 15) is 0 Å². The molecular formula is C14H20N2O. The maximum Gasteiger partial charge on any atom is 0.128 e. The van der Waals surface area contributed by atoms with Crippen LogP contribution >= 0.6 is 0 Å². The molecule has 92 valence electrons. The van der Waals surface area contributed by atoms with Gasteiger partial charge >= 0.3 is 0 Å². The highest BCUT2D eigenvalue weighted by atomic mass is 16.5. The van der Waals surface area contributed by atoms with Crippen LogP contribution in [-0.4, -0.2) is 37.5 Å². The van der Waals surface area contributed by atoms with Crippen molar-refractivity contribution in [2.75, 3.05) is 26.8 Å². The van der Waals surface area contributed by atoms with Gasteiger partial charge in [0.05, 0.1) is 6.61 Å². The van der Waals surface area contributed by atoms with Gasteiger partial charge in [-0.2, -0.15) is 0 Å². The molecule has 1 N–H and O–H groups in total. The molecule has 0 spiro atoms. The van der Waals surface area contributed by atoms with E-state index >= 15 is 0 Å². The van der Waals surface area contributed by atoms with E-state index in [4.69, 9.17) is 10.1 Å². The van der Waals surface area contributed by atoms with Crippen LogP contribution < -0.4 is 0 Å². The number of ether oxygens (including phenoxy) is 1. The Morgan fingerprint density at radius 3 is 2.88 bits per heavy atom. The molecule has 0 saturated carbocycles. The minimum Gasteiger partial charge on any atom is -0.384 e. The summed E-state index contributed by atoms with van der Waals surface area (Å²) in [6.07, 6.45) is 2.37. The second-order valence-electron chi connectivity index (χ2n) is 4.62. The first-order chi connectivity index (χ1) is 8.31. The Bertz CT molecular complexity index is 362. The van der Waals surface area contributed by atoms with Crippen LogP contribution in [0, 0.1) is 11.3 Å². The molecule has 1 aliphatic rings. The zero-order valence-electron chi connectivity index (χ0n) is 10.4. The minimum atomic E-state index is 0.567. The van der Waals surface area contributed by atoms with Crippen LogP contribution in [0.1, 0.15) is 18.4 Å². The maximum absolute atomic E-state index is 8.23. The van der Waals surface area contributed by atoms with Crippen LogP contribution in [0.25, 0.3) is 0 Å². The van der Waals surface area contributed by atoms with Crippen LogP contribution in [0.4, 0.5) is 0 Å². The van der Waals surface area contributed by atoms with Gasteiger partial charge in [-0.25, -0.2) is 0 Å². The Morgan fingerprint density at radius 1 is 1.41 bits per heavy atom. The van der Waals surface area contributed by atoms with Gasteiger partial charge in [0, 0.05) is 25.8 Å². The van der Waals surface area contributed by atoms with Gasteiger partial charge in [-0.3, -0.25) is 5.41 Å². The molecule has 0 aromatic heterocycles. The fraction of sp³-hybridized carbons (Fsp3) is 0.500. The molecule has 1 saturated heterocycles. The first-order valence-corrected chi connectivity index (χ1v) is 6.19. The van der Waals surface area contributed by atoms with Crippen molar-refractivity contribution in [1.29, 1.82) is 5.41 Å². The Balaban J connectivity index is 2.00. The van der Waals surface area contributed by atoms with E-state index in [1.165, 1.54) is 6.42 Å². The third-order valence-corrected chi connectivity index (χ3v) is 3.28. The van der Waals surface area contributed by atoms with E-state index in [1.54, 1.807) is 7.11 Å². The number of hydrogen-bond donors (Lipinski definition) is 1. The Hall–Kier alpha value is -1.35. The fourth-order valence-electron chi connectivity index (χ4n) is 2.42. The Morgan fingerprint density at radius 2 is 2.18 bits per heavy atom. The summed E-state index contributed by atoms with van der Waals surface area (Å²) in [4.78, 5) is 2.17. The molecule has 1 unspecified atom stereocenters. The van der Waals surface area contributed by atoms with E-state index in [-0.39, 0.29) is 0 Å². The predicted octanol–water partition coefficient (Wildman–Crippen LogP) is 2.37. The molecule has 1 atom stereocenters. The third-order valence-electron chi connectivity index (χ3n) is 3.28. The minimum absolute atomic E-state index is 0.567. The number of likely N-dealkylation sites (tertiary alicyclic amines) is 1. The summed E-state index contributed by atoms with van der Waals surface area (Å²) in [6, 6.07) is 9.96. The van der Waals surface area contributed by atoms with Gasteiger partial charge in [0.2, 0.25) is 0 Å². The molecule has 3 heteroatoms. The number of nitrogens with one attached hydrogen (secondary N) is 1. The summed E-state index contributed by atoms with van der Waals surface area (Å²) in [6.45, 7) is 2.74. The molecule has 0 aliphatic carbocycles. The van der Waals surface area contributed by atoms with Gasteiger partial charge in [0.15, 0.2) is 0 Å². The monoisotopic (exact) mass is 232 g/mol. The van der Waals surface area contributed by atoms with E-state index in [0.29, 0.717) is 11.8 Å². The molecule has 0 amide bonds. The number of rotatable bonds is 3. The van der Waals surface area contributed by atoms with E-state index in [2.05, 4.69) is 4.90 Å². The van der Waals surface area contributed by atoms with Gasteiger partial charge in [-0.15, -0.1) is 0 Å². The second kappa shape index (κ2) is 5.82. The Labute approximate surface area is 103 Å². The SMILES string of the molecule is COCC1CCCN(C(=N)c2ccccc2)C1. The van der Waals surface area contributed by atoms with Crippen molar-refractivity contribution in [3.05, 3.63) is 35.9 Å². The quantitative estimate of drug-likeness (QED) is 0.641. The summed E-state index contributed by atoms with van der Waals surface area (Å²) in [7, 11) is 1.75. The normalized spacial score (nSPS) is 20.3. The Kier molecular flexibility index (Phi) is 4.15. The van der Waals surface area contributed by atoms with Gasteiger partial charge in [0.25, 0.3) is 0 Å². The van der Waals surface area contributed by atoms with Gasteiger partial charge in [0.1, 0.15) is 5.84 Å². The lowest BCUT2D eigenvalue weighted by atomic mass is 9.98. The van der Waals surface area contributed by atoms with Crippen LogP contribution in [0.5, 0.6) is 0 Å². The van der Waals surface area contributed by atoms with Crippen molar-refractivity contribution in [2.45, 2.75) is 12.8 Å². The molecule has 0 bridgehead atoms. The van der Waals surface area contributed by atoms with Crippen molar-refractivity contribution in [3.63, 3.8) is 0 Å². The van der Waals surface area contributed by atoms with Gasteiger partial charge in [-0.1, -0.05) is 30.3 Å². The lowest BCUT2D eigenvalue weighted by molar-refractivity contribution is 0.115. The molecule has 1 fully saturated rings. The molecular weight excluding hydrogens is 212 g/mol. The summed E-state index contributed by atoms with van der Waals surface area (Å²) in [5.41, 5.74) is 1.01. The highest BCUT2D eigenvalue weighted by Gasteiger charge is 2.22. The predicted molar refractivity (Wildman–Crippen MR) is 69.4 cm³/mol. The van der Waals surface area contributed by atoms with Crippen LogP contribution in [0.15, 0.2) is 30.3 Å². The highest BCUT2D eigenvalue weighted by molar-refractivity contribution is 5.96. The zero-order valence-corrected chi connectivity index (χ0v) is 10.4. The number of piperidine rings is 1. The number of nitrogens with zero attached hydrogens (tertiary/aromatic N) is 1. The zero-order chi connectivity index (χ0) is 12.1. The van der Waals surface area contributed by atoms with Crippen molar-refractivity contribution < 1.29 is 4.74 Å². The third kappa shape index (κ3) is 3.07. The highest BCUT2D eigenvalue weighted by Crippen LogP contribution is 2.18. The molecule has 1 aromatic rings. The van der Waals surface area contributed by atoms with E-state index in [1.807, 2.05) is 30.3 Å². The average Bonchev–Trinajstić information content (AvgIpc) is 2.40. The largest absolute Gasteiger partial charge is 0.384 e. The lowest BCUT2D eigenvalue weighted by Gasteiger charge is -2.34. The van der Waals surface area contributed by atoms with Gasteiger partial charge in [-0.05, 0) is 18.8 Å². The standard InChI is InChI=1S/C14H20N2O/c1-17-11-12-6-5-9-16(10-12)14(15)13-7-3-2-4-8-13/h2-4,7-8,12,15H,5-6,9-11H2,1H3.